The van der Waals surface area contributed by atoms with Gasteiger partial charge in [0.25, 0.3) is 0 Å². The van der Waals surface area contributed by atoms with E-state index in [1.54, 1.807) is 6.07 Å². The van der Waals surface area contributed by atoms with Gasteiger partial charge in [-0.05, 0) is 30.9 Å². The molecular weight excluding hydrogens is 380 g/mol. The van der Waals surface area contributed by atoms with Crippen LogP contribution in [0, 0.1) is 11.3 Å². The van der Waals surface area contributed by atoms with Crippen LogP contribution in [-0.4, -0.2) is 29.7 Å². The van der Waals surface area contributed by atoms with Crippen molar-refractivity contribution in [2.45, 2.75) is 25.9 Å². The number of esters is 1. The highest BCUT2D eigenvalue weighted by Gasteiger charge is 2.42. The smallest absolute Gasteiger partial charge is 0.463 e. The van der Waals surface area contributed by atoms with Crippen LogP contribution in [0.5, 0.6) is 0 Å². The lowest BCUT2D eigenvalue weighted by molar-refractivity contribution is -0.140. The minimum atomic E-state index is -4.92. The Morgan fingerprint density at radius 1 is 1.43 bits per heavy atom. The number of nitriles is 1. The fourth-order valence-electron chi connectivity index (χ4n) is 2.90. The third-order valence-electron chi connectivity index (χ3n) is 4.09. The lowest BCUT2D eigenvalue weighted by Gasteiger charge is -2.28. The van der Waals surface area contributed by atoms with Gasteiger partial charge in [0.2, 0.25) is 5.88 Å². The summed E-state index contributed by atoms with van der Waals surface area (Å²) in [4.78, 5) is 12.4. The van der Waals surface area contributed by atoms with Gasteiger partial charge in [-0.1, -0.05) is 12.1 Å². The molecule has 7 nitrogen and oxygen atoms in total. The number of nitrogens with zero attached hydrogens (tertiary/aromatic N) is 1. The predicted molar refractivity (Wildman–Crippen MR) is 91.3 cm³/mol. The fraction of sp³-hybridized carbons (Fsp3) is 0.294. The van der Waals surface area contributed by atoms with E-state index in [0.29, 0.717) is 6.07 Å². The molecule has 0 spiro atoms. The SMILES string of the molecule is CCOC(=O)C1=C(C)OC(N)=C(C#N)C1c1ccc(B(O)O)cc1C(F)(F)F. The van der Waals surface area contributed by atoms with Crippen LogP contribution in [0.1, 0.15) is 30.9 Å². The second-order valence-corrected chi connectivity index (χ2v) is 5.83. The largest absolute Gasteiger partial charge is 0.488 e. The van der Waals surface area contributed by atoms with E-state index in [1.165, 1.54) is 13.8 Å². The summed E-state index contributed by atoms with van der Waals surface area (Å²) in [6, 6.07) is 4.24. The first kappa shape index (κ1) is 21.3. The number of carbonyl (C=O) groups excluding carboxylic acids is 1. The number of allylic oxidation sites excluding steroid dienone is 2. The summed E-state index contributed by atoms with van der Waals surface area (Å²) in [6.07, 6.45) is -4.92. The Bertz CT molecular complexity index is 903. The minimum absolute atomic E-state index is 0.0504. The molecule has 1 aliphatic rings. The molecule has 28 heavy (non-hydrogen) atoms. The van der Waals surface area contributed by atoms with E-state index in [2.05, 4.69) is 0 Å². The van der Waals surface area contributed by atoms with Crippen molar-refractivity contribution in [2.75, 3.05) is 6.61 Å². The first-order chi connectivity index (χ1) is 13.0. The Morgan fingerprint density at radius 3 is 2.57 bits per heavy atom. The highest BCUT2D eigenvalue weighted by molar-refractivity contribution is 6.58. The number of halogens is 3. The quantitative estimate of drug-likeness (QED) is 0.513. The molecule has 0 radical (unpaired) electrons. The number of rotatable bonds is 4. The minimum Gasteiger partial charge on any atom is -0.463 e. The lowest BCUT2D eigenvalue weighted by atomic mass is 9.75. The number of ether oxygens (including phenoxy) is 2. The van der Waals surface area contributed by atoms with Gasteiger partial charge in [-0.25, -0.2) is 4.79 Å². The zero-order valence-corrected chi connectivity index (χ0v) is 14.9. The molecule has 1 heterocycles. The van der Waals surface area contributed by atoms with Crippen molar-refractivity contribution < 1.29 is 37.5 Å². The van der Waals surface area contributed by atoms with Crippen molar-refractivity contribution in [1.29, 1.82) is 5.26 Å². The highest BCUT2D eigenvalue weighted by atomic mass is 19.4. The first-order valence-electron chi connectivity index (χ1n) is 8.05. The number of hydrogen-bond acceptors (Lipinski definition) is 7. The van der Waals surface area contributed by atoms with Gasteiger partial charge >= 0.3 is 19.3 Å². The van der Waals surface area contributed by atoms with Crippen molar-refractivity contribution >= 4 is 18.6 Å². The summed E-state index contributed by atoms with van der Waals surface area (Å²) in [5.74, 6) is -2.99. The van der Waals surface area contributed by atoms with Crippen LogP contribution < -0.4 is 11.2 Å². The molecule has 0 amide bonds. The van der Waals surface area contributed by atoms with E-state index >= 15 is 0 Å². The maximum absolute atomic E-state index is 13.7. The van der Waals surface area contributed by atoms with Gasteiger partial charge in [0.1, 0.15) is 17.4 Å². The Labute approximate surface area is 158 Å². The van der Waals surface area contributed by atoms with Crippen molar-refractivity contribution in [3.8, 4) is 6.07 Å². The lowest BCUT2D eigenvalue weighted by Crippen LogP contribution is -2.32. The third-order valence-corrected chi connectivity index (χ3v) is 4.09. The second-order valence-electron chi connectivity index (χ2n) is 5.83. The molecule has 0 saturated carbocycles. The van der Waals surface area contributed by atoms with Gasteiger partial charge in [-0.3, -0.25) is 0 Å². The van der Waals surface area contributed by atoms with Gasteiger partial charge in [-0.2, -0.15) is 18.4 Å². The Hall–Kier alpha value is -2.97. The molecule has 4 N–H and O–H groups in total. The molecule has 0 bridgehead atoms. The summed E-state index contributed by atoms with van der Waals surface area (Å²) in [6.45, 7) is 2.78. The van der Waals surface area contributed by atoms with Gasteiger partial charge < -0.3 is 25.3 Å². The Balaban J connectivity index is 2.81. The highest BCUT2D eigenvalue weighted by Crippen LogP contribution is 2.44. The molecule has 1 aliphatic heterocycles. The predicted octanol–water partition coefficient (Wildman–Crippen LogP) is 1.03. The molecule has 2 rings (SSSR count). The van der Waals surface area contributed by atoms with Crippen LogP contribution in [0.3, 0.4) is 0 Å². The number of carbonyl (C=O) groups is 1. The summed E-state index contributed by atoms with van der Waals surface area (Å²) in [5.41, 5.74) is 2.85. The van der Waals surface area contributed by atoms with Gasteiger partial charge in [-0.15, -0.1) is 0 Å². The molecule has 1 unspecified atom stereocenters. The van der Waals surface area contributed by atoms with E-state index in [1.807, 2.05) is 0 Å². The fourth-order valence-corrected chi connectivity index (χ4v) is 2.90. The molecule has 0 aromatic heterocycles. The van der Waals surface area contributed by atoms with Crippen molar-refractivity contribution in [3.05, 3.63) is 52.1 Å². The van der Waals surface area contributed by atoms with Crippen LogP contribution in [0.2, 0.25) is 0 Å². The van der Waals surface area contributed by atoms with E-state index in [9.17, 15) is 33.3 Å². The summed E-state index contributed by atoms with van der Waals surface area (Å²) in [7, 11) is -2.14. The van der Waals surface area contributed by atoms with Crippen LogP contribution in [0.15, 0.2) is 41.0 Å². The molecule has 0 fully saturated rings. The Morgan fingerprint density at radius 2 is 2.07 bits per heavy atom. The van der Waals surface area contributed by atoms with E-state index in [-0.39, 0.29) is 17.9 Å². The summed E-state index contributed by atoms with van der Waals surface area (Å²) in [5, 5.41) is 27.9. The zero-order valence-electron chi connectivity index (χ0n) is 14.9. The topological polar surface area (TPSA) is 126 Å². The third kappa shape index (κ3) is 3.98. The molecule has 0 aliphatic carbocycles. The van der Waals surface area contributed by atoms with Gasteiger partial charge in [0.15, 0.2) is 0 Å². The van der Waals surface area contributed by atoms with Crippen LogP contribution in [-0.2, 0) is 20.4 Å². The average Bonchev–Trinajstić information content (AvgIpc) is 2.59. The average molecular weight is 396 g/mol. The molecule has 0 saturated heterocycles. The van der Waals surface area contributed by atoms with Gasteiger partial charge in [0.05, 0.1) is 23.7 Å². The van der Waals surface area contributed by atoms with E-state index in [4.69, 9.17) is 15.2 Å². The number of hydrogen-bond donors (Lipinski definition) is 3. The van der Waals surface area contributed by atoms with E-state index in [0.717, 1.165) is 12.1 Å². The van der Waals surface area contributed by atoms with E-state index < -0.39 is 53.2 Å². The van der Waals surface area contributed by atoms with Crippen LogP contribution >= 0.6 is 0 Å². The maximum Gasteiger partial charge on any atom is 0.488 e. The number of alkyl halides is 3. The standard InChI is InChI=1S/C17H16BF3N2O5/c1-3-27-16(24)13-8(2)28-15(23)11(7-22)14(13)10-5-4-9(18(25)26)6-12(10)17(19,20)21/h4-6,14,25-26H,3,23H2,1-2H3. The molecule has 1 aromatic rings. The van der Waals surface area contributed by atoms with Crippen LogP contribution in [0.25, 0.3) is 0 Å². The van der Waals surface area contributed by atoms with Crippen molar-refractivity contribution in [3.63, 3.8) is 0 Å². The van der Waals surface area contributed by atoms with Crippen LogP contribution in [0.4, 0.5) is 13.2 Å². The molecule has 1 aromatic carbocycles. The maximum atomic E-state index is 13.7. The number of benzene rings is 1. The van der Waals surface area contributed by atoms with Crippen molar-refractivity contribution in [2.24, 2.45) is 5.73 Å². The molecule has 11 heteroatoms. The second kappa shape index (κ2) is 7.96. The molecule has 1 atom stereocenters. The first-order valence-corrected chi connectivity index (χ1v) is 8.05. The molecular formula is C17H16BF3N2O5. The zero-order chi connectivity index (χ0) is 21.2. The monoisotopic (exact) mass is 396 g/mol. The number of nitrogens with two attached hydrogens (primary N) is 1. The van der Waals surface area contributed by atoms with Crippen molar-refractivity contribution in [1.82, 2.24) is 0 Å². The Kier molecular flexibility index (Phi) is 6.06. The summed E-state index contributed by atoms with van der Waals surface area (Å²) >= 11 is 0. The normalized spacial score (nSPS) is 17.1. The molecule has 148 valence electrons. The summed E-state index contributed by atoms with van der Waals surface area (Å²) < 4.78 is 51.1. The van der Waals surface area contributed by atoms with Gasteiger partial charge in [0, 0.05) is 0 Å².